The highest BCUT2D eigenvalue weighted by molar-refractivity contribution is 9.10. The highest BCUT2D eigenvalue weighted by atomic mass is 79.9. The van der Waals surface area contributed by atoms with E-state index in [0.717, 1.165) is 21.2 Å². The summed E-state index contributed by atoms with van der Waals surface area (Å²) in [7, 11) is 3.88. The molecule has 0 bridgehead atoms. The van der Waals surface area contributed by atoms with Crippen molar-refractivity contribution < 1.29 is 0 Å². The fourth-order valence-corrected chi connectivity index (χ4v) is 2.88. The van der Waals surface area contributed by atoms with Crippen LogP contribution in [0.15, 0.2) is 34.9 Å². The number of para-hydroxylation sites is 1. The van der Waals surface area contributed by atoms with Crippen molar-refractivity contribution in [3.8, 4) is 11.3 Å². The van der Waals surface area contributed by atoms with Crippen LogP contribution in [0.2, 0.25) is 0 Å². The summed E-state index contributed by atoms with van der Waals surface area (Å²) in [6, 6.07) is 8.07. The third kappa shape index (κ3) is 1.54. The van der Waals surface area contributed by atoms with Crippen molar-refractivity contribution in [2.24, 2.45) is 14.1 Å². The van der Waals surface area contributed by atoms with E-state index in [1.165, 1.54) is 5.39 Å². The van der Waals surface area contributed by atoms with Crippen molar-refractivity contribution in [2.75, 3.05) is 5.73 Å². The molecule has 2 N–H and O–H groups in total. The fraction of sp³-hybridized carbons (Fsp3) is 0.154. The standard InChI is InChI=1S/C13H13BrN4/c1-17-7-9(11-6-12(15)18(2)16-11)8-4-3-5-10(14)13(8)17/h3-7H,15H2,1-2H3. The molecule has 0 spiro atoms. The van der Waals surface area contributed by atoms with Gasteiger partial charge in [0, 0.05) is 41.8 Å². The van der Waals surface area contributed by atoms with Crippen molar-refractivity contribution in [1.82, 2.24) is 14.3 Å². The Hall–Kier alpha value is -1.75. The number of anilines is 1. The number of hydrogen-bond donors (Lipinski definition) is 1. The van der Waals surface area contributed by atoms with Gasteiger partial charge in [0.25, 0.3) is 0 Å². The monoisotopic (exact) mass is 304 g/mol. The minimum Gasteiger partial charge on any atom is -0.384 e. The van der Waals surface area contributed by atoms with Gasteiger partial charge in [-0.2, -0.15) is 5.10 Å². The summed E-state index contributed by atoms with van der Waals surface area (Å²) in [5.74, 6) is 0.664. The van der Waals surface area contributed by atoms with Crippen LogP contribution in [-0.2, 0) is 14.1 Å². The van der Waals surface area contributed by atoms with Gasteiger partial charge in [-0.25, -0.2) is 0 Å². The van der Waals surface area contributed by atoms with E-state index < -0.39 is 0 Å². The average Bonchev–Trinajstić information content (AvgIpc) is 2.82. The first-order valence-corrected chi connectivity index (χ1v) is 6.40. The first kappa shape index (κ1) is 11.3. The van der Waals surface area contributed by atoms with Gasteiger partial charge in [-0.3, -0.25) is 4.68 Å². The molecule has 3 rings (SSSR count). The summed E-state index contributed by atoms with van der Waals surface area (Å²) in [5, 5.41) is 5.61. The van der Waals surface area contributed by atoms with Gasteiger partial charge in [0.15, 0.2) is 0 Å². The molecule has 1 aromatic carbocycles. The van der Waals surface area contributed by atoms with Crippen molar-refractivity contribution in [1.29, 1.82) is 0 Å². The lowest BCUT2D eigenvalue weighted by Gasteiger charge is -1.98. The summed E-state index contributed by atoms with van der Waals surface area (Å²) in [4.78, 5) is 0. The largest absolute Gasteiger partial charge is 0.384 e. The molecule has 0 unspecified atom stereocenters. The minimum absolute atomic E-state index is 0.664. The number of halogens is 1. The van der Waals surface area contributed by atoms with Gasteiger partial charge in [0.05, 0.1) is 11.2 Å². The third-order valence-electron chi connectivity index (χ3n) is 3.14. The smallest absolute Gasteiger partial charge is 0.121 e. The Bertz CT molecular complexity index is 719. The van der Waals surface area contributed by atoms with Crippen LogP contribution < -0.4 is 5.73 Å². The second kappa shape index (κ2) is 3.88. The summed E-state index contributed by atoms with van der Waals surface area (Å²) < 4.78 is 4.86. The highest BCUT2D eigenvalue weighted by Crippen LogP contribution is 2.33. The van der Waals surface area contributed by atoms with Crippen LogP contribution in [0.25, 0.3) is 22.2 Å². The van der Waals surface area contributed by atoms with Gasteiger partial charge >= 0.3 is 0 Å². The molecule has 2 aromatic heterocycles. The number of fused-ring (bicyclic) bond motifs is 1. The molecule has 0 saturated carbocycles. The van der Waals surface area contributed by atoms with Gasteiger partial charge in [-0.1, -0.05) is 12.1 Å². The second-order valence-electron chi connectivity index (χ2n) is 4.37. The van der Waals surface area contributed by atoms with Crippen LogP contribution in [-0.4, -0.2) is 14.3 Å². The molecule has 0 amide bonds. The van der Waals surface area contributed by atoms with E-state index in [4.69, 9.17) is 5.73 Å². The Morgan fingerprint density at radius 1 is 1.28 bits per heavy atom. The van der Waals surface area contributed by atoms with E-state index in [0.29, 0.717) is 5.82 Å². The Morgan fingerprint density at radius 3 is 2.72 bits per heavy atom. The second-order valence-corrected chi connectivity index (χ2v) is 5.22. The fourth-order valence-electron chi connectivity index (χ4n) is 2.24. The van der Waals surface area contributed by atoms with Gasteiger partial charge in [0.1, 0.15) is 5.82 Å². The molecule has 3 aromatic rings. The van der Waals surface area contributed by atoms with Crippen molar-refractivity contribution in [3.05, 3.63) is 34.9 Å². The van der Waals surface area contributed by atoms with E-state index in [1.807, 2.05) is 32.3 Å². The first-order chi connectivity index (χ1) is 8.58. The third-order valence-corrected chi connectivity index (χ3v) is 3.78. The van der Waals surface area contributed by atoms with Crippen LogP contribution in [0.5, 0.6) is 0 Å². The van der Waals surface area contributed by atoms with Crippen molar-refractivity contribution in [2.45, 2.75) is 0 Å². The maximum atomic E-state index is 5.84. The van der Waals surface area contributed by atoms with E-state index >= 15 is 0 Å². The van der Waals surface area contributed by atoms with Crippen LogP contribution in [0.1, 0.15) is 0 Å². The molecular weight excluding hydrogens is 292 g/mol. The van der Waals surface area contributed by atoms with Gasteiger partial charge in [0.2, 0.25) is 0 Å². The van der Waals surface area contributed by atoms with Crippen molar-refractivity contribution >= 4 is 32.7 Å². The maximum Gasteiger partial charge on any atom is 0.121 e. The normalized spacial score (nSPS) is 11.3. The lowest BCUT2D eigenvalue weighted by Crippen LogP contribution is -1.96. The van der Waals surface area contributed by atoms with Gasteiger partial charge in [-0.15, -0.1) is 0 Å². The van der Waals surface area contributed by atoms with E-state index in [9.17, 15) is 0 Å². The zero-order valence-corrected chi connectivity index (χ0v) is 11.8. The SMILES string of the molecule is Cn1nc(-c2cn(C)c3c(Br)cccc23)cc1N. The number of hydrogen-bond acceptors (Lipinski definition) is 2. The Balaban J connectivity index is 2.33. The minimum atomic E-state index is 0.664. The zero-order valence-electron chi connectivity index (χ0n) is 10.2. The Kier molecular flexibility index (Phi) is 2.45. The molecule has 0 saturated heterocycles. The number of benzene rings is 1. The van der Waals surface area contributed by atoms with Gasteiger partial charge < -0.3 is 10.3 Å². The first-order valence-electron chi connectivity index (χ1n) is 5.61. The molecule has 18 heavy (non-hydrogen) atoms. The molecule has 92 valence electrons. The molecule has 0 radical (unpaired) electrons. The Morgan fingerprint density at radius 2 is 2.06 bits per heavy atom. The van der Waals surface area contributed by atoms with E-state index in [1.54, 1.807) is 4.68 Å². The summed E-state index contributed by atoms with van der Waals surface area (Å²) in [5.41, 5.74) is 9.01. The molecule has 0 aliphatic heterocycles. The molecule has 0 aliphatic rings. The van der Waals surface area contributed by atoms with Crippen LogP contribution in [0, 0.1) is 0 Å². The molecule has 4 nitrogen and oxygen atoms in total. The number of nitrogens with zero attached hydrogens (tertiary/aromatic N) is 3. The number of nitrogen functional groups attached to an aromatic ring is 1. The van der Waals surface area contributed by atoms with Crippen LogP contribution in [0.4, 0.5) is 5.82 Å². The lowest BCUT2D eigenvalue weighted by atomic mass is 10.1. The summed E-state index contributed by atoms with van der Waals surface area (Å²) >= 11 is 3.58. The molecule has 2 heterocycles. The predicted molar refractivity (Wildman–Crippen MR) is 77.2 cm³/mol. The lowest BCUT2D eigenvalue weighted by molar-refractivity contribution is 0.782. The predicted octanol–water partition coefficient (Wildman–Crippen LogP) is 2.92. The molecule has 0 fully saturated rings. The van der Waals surface area contributed by atoms with Gasteiger partial charge in [-0.05, 0) is 22.0 Å². The molecule has 5 heteroatoms. The number of aromatic nitrogens is 3. The summed E-state index contributed by atoms with van der Waals surface area (Å²) in [6.07, 6.45) is 2.08. The van der Waals surface area contributed by atoms with Crippen LogP contribution >= 0.6 is 15.9 Å². The summed E-state index contributed by atoms with van der Waals surface area (Å²) in [6.45, 7) is 0. The van der Waals surface area contributed by atoms with E-state index in [-0.39, 0.29) is 0 Å². The Labute approximate surface area is 113 Å². The quantitative estimate of drug-likeness (QED) is 0.751. The number of nitrogens with two attached hydrogens (primary N) is 1. The maximum absolute atomic E-state index is 5.84. The molecule has 0 aliphatic carbocycles. The van der Waals surface area contributed by atoms with E-state index in [2.05, 4.69) is 37.9 Å². The number of aryl methyl sites for hydroxylation is 2. The number of rotatable bonds is 1. The molecule has 0 atom stereocenters. The highest BCUT2D eigenvalue weighted by Gasteiger charge is 2.13. The zero-order chi connectivity index (χ0) is 12.9. The topological polar surface area (TPSA) is 48.8 Å². The van der Waals surface area contributed by atoms with Crippen LogP contribution in [0.3, 0.4) is 0 Å². The molecular formula is C13H13BrN4. The van der Waals surface area contributed by atoms with Crippen molar-refractivity contribution in [3.63, 3.8) is 0 Å². The average molecular weight is 305 g/mol.